The van der Waals surface area contributed by atoms with Crippen LogP contribution in [0.2, 0.25) is 5.02 Å². The fourth-order valence-electron chi connectivity index (χ4n) is 1.99. The highest BCUT2D eigenvalue weighted by molar-refractivity contribution is 14.1. The third kappa shape index (κ3) is 4.91. The average Bonchev–Trinajstić information content (AvgIpc) is 2.56. The molecule has 0 aliphatic carbocycles. The van der Waals surface area contributed by atoms with Crippen LogP contribution in [0.4, 0.5) is 0 Å². The van der Waals surface area contributed by atoms with Gasteiger partial charge < -0.3 is 0 Å². The third-order valence-corrected chi connectivity index (χ3v) is 7.74. The molecule has 0 radical (unpaired) electrons. The predicted molar refractivity (Wildman–Crippen MR) is 116 cm³/mol. The monoisotopic (exact) mass is 547 g/mol. The molecule has 0 saturated heterocycles. The molecule has 1 aromatic heterocycles. The van der Waals surface area contributed by atoms with Crippen LogP contribution in [-0.2, 0) is 0 Å². The molecule has 0 spiro atoms. The van der Waals surface area contributed by atoms with Gasteiger partial charge in [-0.15, -0.1) is 0 Å². The number of aromatic nitrogens is 1. The molecule has 3 rings (SSSR count). The fraction of sp³-hybridized carbons (Fsp3) is 0.0556. The second-order valence-electron chi connectivity index (χ2n) is 4.99. The quantitative estimate of drug-likeness (QED) is 0.310. The van der Waals surface area contributed by atoms with E-state index in [0.29, 0.717) is 0 Å². The molecule has 0 bridgehead atoms. The lowest BCUT2D eigenvalue weighted by Gasteiger charge is -2.11. The summed E-state index contributed by atoms with van der Waals surface area (Å²) in [5, 5.41) is 1.77. The maximum atomic E-state index is 5.96. The summed E-state index contributed by atoms with van der Waals surface area (Å²) < 4.78 is 2.26. The van der Waals surface area contributed by atoms with Gasteiger partial charge in [0.05, 0.1) is 3.57 Å². The minimum absolute atomic E-state index is 0.748. The van der Waals surface area contributed by atoms with Gasteiger partial charge in [-0.25, -0.2) is 4.98 Å². The number of aryl methyl sites for hydroxylation is 1. The van der Waals surface area contributed by atoms with Crippen molar-refractivity contribution in [3.8, 4) is 0 Å². The Morgan fingerprint density at radius 2 is 1.54 bits per heavy atom. The molecule has 1 nitrogen and oxygen atoms in total. The Balaban J connectivity index is 1.89. The highest BCUT2D eigenvalue weighted by Gasteiger charge is 2.12. The molecule has 122 valence electrons. The summed E-state index contributed by atoms with van der Waals surface area (Å²) in [4.78, 5) is 8.28. The molecule has 0 atom stereocenters. The summed E-state index contributed by atoms with van der Waals surface area (Å²) in [7, 11) is 0. The molecule has 24 heavy (non-hydrogen) atoms. The van der Waals surface area contributed by atoms with Gasteiger partial charge in [0.1, 0.15) is 5.03 Å². The minimum Gasteiger partial charge on any atom is -0.245 e. The summed E-state index contributed by atoms with van der Waals surface area (Å²) in [5.41, 5.74) is 1.02. The van der Waals surface area contributed by atoms with E-state index in [0.717, 1.165) is 25.1 Å². The lowest BCUT2D eigenvalue weighted by atomic mass is 10.4. The van der Waals surface area contributed by atoms with Gasteiger partial charge in [0, 0.05) is 29.9 Å². The summed E-state index contributed by atoms with van der Waals surface area (Å²) in [6.07, 6.45) is 0. The topological polar surface area (TPSA) is 12.9 Å². The molecule has 0 fully saturated rings. The van der Waals surface area contributed by atoms with Crippen LogP contribution in [0.25, 0.3) is 0 Å². The van der Waals surface area contributed by atoms with Crippen molar-refractivity contribution in [3.63, 3.8) is 0 Å². The van der Waals surface area contributed by atoms with Gasteiger partial charge in [0.15, 0.2) is 0 Å². The van der Waals surface area contributed by atoms with Crippen molar-refractivity contribution < 1.29 is 0 Å². The molecule has 1 heterocycles. The van der Waals surface area contributed by atoms with Gasteiger partial charge in [-0.05, 0) is 84.1 Å². The summed E-state index contributed by atoms with van der Waals surface area (Å²) >= 11 is 15.3. The zero-order valence-corrected chi connectivity index (χ0v) is 18.7. The zero-order valence-electron chi connectivity index (χ0n) is 12.6. The Morgan fingerprint density at radius 3 is 2.21 bits per heavy atom. The molecule has 0 amide bonds. The van der Waals surface area contributed by atoms with Crippen molar-refractivity contribution in [2.24, 2.45) is 0 Å². The Hall–Kier alpha value is -0.210. The summed E-state index contributed by atoms with van der Waals surface area (Å²) in [5.74, 6) is 0. The molecular weight excluding hydrogens is 537 g/mol. The van der Waals surface area contributed by atoms with Crippen molar-refractivity contribution in [1.29, 1.82) is 0 Å². The maximum absolute atomic E-state index is 5.96. The van der Waals surface area contributed by atoms with E-state index in [9.17, 15) is 0 Å². The normalized spacial score (nSPS) is 10.8. The van der Waals surface area contributed by atoms with Crippen molar-refractivity contribution in [2.75, 3.05) is 0 Å². The molecule has 0 saturated carbocycles. The third-order valence-electron chi connectivity index (χ3n) is 3.09. The SMILES string of the molecule is Cc1cc(Sc2ccc(Br)cc2)c(I)c(Sc2ccc(Cl)cc2)n1. The molecule has 0 N–H and O–H groups in total. The number of nitrogens with zero attached hydrogens (tertiary/aromatic N) is 1. The zero-order chi connectivity index (χ0) is 17.1. The van der Waals surface area contributed by atoms with E-state index in [4.69, 9.17) is 16.6 Å². The van der Waals surface area contributed by atoms with Crippen LogP contribution in [0.15, 0.2) is 78.8 Å². The molecule has 3 aromatic rings. The van der Waals surface area contributed by atoms with Crippen LogP contribution in [0.1, 0.15) is 5.69 Å². The first-order valence-corrected chi connectivity index (χ1v) is 10.9. The van der Waals surface area contributed by atoms with E-state index in [-0.39, 0.29) is 0 Å². The van der Waals surface area contributed by atoms with Gasteiger partial charge in [-0.1, -0.05) is 51.1 Å². The van der Waals surface area contributed by atoms with Crippen molar-refractivity contribution >= 4 is 73.6 Å². The molecule has 0 aliphatic heterocycles. The van der Waals surface area contributed by atoms with Gasteiger partial charge in [-0.3, -0.25) is 0 Å². The van der Waals surface area contributed by atoms with Crippen molar-refractivity contribution in [2.45, 2.75) is 26.6 Å². The molecule has 0 unspecified atom stereocenters. The smallest absolute Gasteiger partial charge is 0.116 e. The van der Waals surface area contributed by atoms with E-state index in [1.165, 1.54) is 13.4 Å². The lowest BCUT2D eigenvalue weighted by molar-refractivity contribution is 1.00. The van der Waals surface area contributed by atoms with E-state index >= 15 is 0 Å². The Labute approximate surface area is 177 Å². The first kappa shape index (κ1) is 18.6. The largest absolute Gasteiger partial charge is 0.245 e. The molecule has 0 aliphatic rings. The summed E-state index contributed by atoms with van der Waals surface area (Å²) in [6.45, 7) is 2.04. The van der Waals surface area contributed by atoms with Crippen LogP contribution in [-0.4, -0.2) is 4.98 Å². The minimum atomic E-state index is 0.748. The first-order chi connectivity index (χ1) is 11.5. The molecule has 2 aromatic carbocycles. The van der Waals surface area contributed by atoms with Crippen molar-refractivity contribution in [1.82, 2.24) is 4.98 Å². The van der Waals surface area contributed by atoms with Crippen LogP contribution < -0.4 is 0 Å². The van der Waals surface area contributed by atoms with Gasteiger partial charge in [0.2, 0.25) is 0 Å². The predicted octanol–water partition coefficient (Wildman–Crippen LogP) is 7.71. The lowest BCUT2D eigenvalue weighted by Crippen LogP contribution is -1.92. The van der Waals surface area contributed by atoms with Crippen LogP contribution in [0.5, 0.6) is 0 Å². The van der Waals surface area contributed by atoms with Crippen LogP contribution in [0.3, 0.4) is 0 Å². The van der Waals surface area contributed by atoms with Gasteiger partial charge in [0.25, 0.3) is 0 Å². The second kappa shape index (κ2) is 8.45. The number of benzene rings is 2. The second-order valence-corrected chi connectivity index (χ2v) is 9.60. The average molecular weight is 549 g/mol. The summed E-state index contributed by atoms with van der Waals surface area (Å²) in [6, 6.07) is 18.4. The fourth-order valence-corrected chi connectivity index (χ4v) is 5.20. The standard InChI is InChI=1S/C18H12BrClINS2/c1-11-10-16(23-14-6-2-12(19)3-7-14)17(21)18(22-11)24-15-8-4-13(20)5-9-15/h2-10H,1H3. The Kier molecular flexibility index (Phi) is 6.54. The Bertz CT molecular complexity index is 785. The van der Waals surface area contributed by atoms with Crippen LogP contribution >= 0.6 is 73.6 Å². The van der Waals surface area contributed by atoms with Crippen molar-refractivity contribution in [3.05, 3.63) is 73.4 Å². The number of halogens is 3. The van der Waals surface area contributed by atoms with E-state index in [2.05, 4.69) is 68.9 Å². The van der Waals surface area contributed by atoms with Crippen LogP contribution in [0, 0.1) is 10.5 Å². The first-order valence-electron chi connectivity index (χ1n) is 7.05. The highest BCUT2D eigenvalue weighted by Crippen LogP contribution is 2.38. The number of pyridine rings is 1. The number of hydrogen-bond donors (Lipinski definition) is 0. The number of hydrogen-bond acceptors (Lipinski definition) is 3. The van der Waals surface area contributed by atoms with Gasteiger partial charge >= 0.3 is 0 Å². The maximum Gasteiger partial charge on any atom is 0.116 e. The molecule has 6 heteroatoms. The van der Waals surface area contributed by atoms with E-state index < -0.39 is 0 Å². The number of rotatable bonds is 4. The molecular formula is C18H12BrClINS2. The highest BCUT2D eigenvalue weighted by atomic mass is 127. The van der Waals surface area contributed by atoms with E-state index in [1.54, 1.807) is 23.5 Å². The van der Waals surface area contributed by atoms with Gasteiger partial charge in [-0.2, -0.15) is 0 Å². The van der Waals surface area contributed by atoms with E-state index in [1.807, 2.05) is 31.2 Å². The Morgan fingerprint density at radius 1 is 0.958 bits per heavy atom.